The Kier molecular flexibility index (Phi) is 2.77. The molecule has 0 bridgehead atoms. The van der Waals surface area contributed by atoms with Crippen LogP contribution in [0.3, 0.4) is 0 Å². The Bertz CT molecular complexity index is 846. The molecule has 0 spiro atoms. The number of rotatable bonds is 1. The molecule has 0 unspecified atom stereocenters. The predicted molar refractivity (Wildman–Crippen MR) is 85.1 cm³/mol. The Labute approximate surface area is 127 Å². The van der Waals surface area contributed by atoms with Gasteiger partial charge >= 0.3 is 0 Å². The summed E-state index contributed by atoms with van der Waals surface area (Å²) < 4.78 is 0. The van der Waals surface area contributed by atoms with Crippen molar-refractivity contribution in [3.8, 4) is 5.75 Å². The highest BCUT2D eigenvalue weighted by Crippen LogP contribution is 2.34. The van der Waals surface area contributed by atoms with Crippen LogP contribution in [-0.2, 0) is 0 Å². The highest BCUT2D eigenvalue weighted by atomic mass is 16.3. The standard InChI is InChI=1S/C16H18N4O2/c1-16(22)4-6-20(7-5-16)15-13-11-8-10(21)2-3-12(11)19-14(13)17-9-18-15/h2-3,8-9,21-22H,4-7H2,1H3,(H,17,18,19). The number of phenolic OH excluding ortho intramolecular Hbond substituents is 1. The third kappa shape index (κ3) is 2.07. The summed E-state index contributed by atoms with van der Waals surface area (Å²) in [6.45, 7) is 3.39. The van der Waals surface area contributed by atoms with Crippen LogP contribution in [0.1, 0.15) is 19.8 Å². The number of aromatic nitrogens is 3. The first-order valence-corrected chi connectivity index (χ1v) is 7.46. The number of anilines is 1. The SMILES string of the molecule is CC1(O)CCN(c2ncnc3[nH]c4ccc(O)cc4c23)CC1. The van der Waals surface area contributed by atoms with Crippen LogP contribution in [0.5, 0.6) is 5.75 Å². The van der Waals surface area contributed by atoms with Crippen LogP contribution in [0.25, 0.3) is 21.9 Å². The highest BCUT2D eigenvalue weighted by molar-refractivity contribution is 6.11. The molecular weight excluding hydrogens is 280 g/mol. The van der Waals surface area contributed by atoms with Crippen molar-refractivity contribution in [3.63, 3.8) is 0 Å². The van der Waals surface area contributed by atoms with Crippen molar-refractivity contribution >= 4 is 27.8 Å². The van der Waals surface area contributed by atoms with Crippen molar-refractivity contribution in [2.75, 3.05) is 18.0 Å². The first-order valence-electron chi connectivity index (χ1n) is 7.46. The van der Waals surface area contributed by atoms with Gasteiger partial charge < -0.3 is 20.1 Å². The van der Waals surface area contributed by atoms with E-state index in [9.17, 15) is 10.2 Å². The first kappa shape index (κ1) is 13.3. The maximum absolute atomic E-state index is 10.1. The average molecular weight is 298 g/mol. The fourth-order valence-corrected chi connectivity index (χ4v) is 3.13. The van der Waals surface area contributed by atoms with Crippen LogP contribution in [0.2, 0.25) is 0 Å². The Hall–Kier alpha value is -2.34. The summed E-state index contributed by atoms with van der Waals surface area (Å²) in [5.41, 5.74) is 1.10. The first-order chi connectivity index (χ1) is 10.5. The number of fused-ring (bicyclic) bond motifs is 3. The van der Waals surface area contributed by atoms with Crippen LogP contribution >= 0.6 is 0 Å². The lowest BCUT2D eigenvalue weighted by molar-refractivity contribution is 0.0350. The lowest BCUT2D eigenvalue weighted by Gasteiger charge is -2.36. The summed E-state index contributed by atoms with van der Waals surface area (Å²) in [6.07, 6.45) is 2.98. The molecule has 6 heteroatoms. The molecule has 0 atom stereocenters. The van der Waals surface area contributed by atoms with Gasteiger partial charge in [-0.3, -0.25) is 0 Å². The highest BCUT2D eigenvalue weighted by Gasteiger charge is 2.29. The van der Waals surface area contributed by atoms with Gasteiger partial charge in [0.1, 0.15) is 23.5 Å². The molecule has 4 rings (SSSR count). The number of nitrogens with one attached hydrogen (secondary N) is 1. The summed E-state index contributed by atoms with van der Waals surface area (Å²) in [6, 6.07) is 5.24. The van der Waals surface area contributed by atoms with Crippen LogP contribution < -0.4 is 4.90 Å². The molecule has 0 saturated carbocycles. The van der Waals surface area contributed by atoms with Gasteiger partial charge in [0.2, 0.25) is 0 Å². The lowest BCUT2D eigenvalue weighted by Crippen LogP contribution is -2.42. The van der Waals surface area contributed by atoms with E-state index < -0.39 is 5.60 Å². The number of nitrogens with zero attached hydrogens (tertiary/aromatic N) is 3. The molecule has 3 N–H and O–H groups in total. The Morgan fingerprint density at radius 1 is 1.23 bits per heavy atom. The Morgan fingerprint density at radius 3 is 2.77 bits per heavy atom. The van der Waals surface area contributed by atoms with Gasteiger partial charge in [0.05, 0.1) is 11.0 Å². The zero-order valence-corrected chi connectivity index (χ0v) is 12.4. The van der Waals surface area contributed by atoms with Gasteiger partial charge in [-0.2, -0.15) is 0 Å². The Balaban J connectivity index is 1.87. The summed E-state index contributed by atoms with van der Waals surface area (Å²) >= 11 is 0. The van der Waals surface area contributed by atoms with Gasteiger partial charge in [-0.25, -0.2) is 9.97 Å². The van der Waals surface area contributed by atoms with Gasteiger partial charge in [-0.05, 0) is 38.0 Å². The molecule has 114 valence electrons. The van der Waals surface area contributed by atoms with Crippen LogP contribution in [0, 0.1) is 0 Å². The van der Waals surface area contributed by atoms with Crippen molar-refractivity contribution in [1.82, 2.24) is 15.0 Å². The fourth-order valence-electron chi connectivity index (χ4n) is 3.13. The number of hydrogen-bond acceptors (Lipinski definition) is 5. The minimum atomic E-state index is -0.596. The summed E-state index contributed by atoms with van der Waals surface area (Å²) in [5, 5.41) is 21.7. The number of hydrogen-bond donors (Lipinski definition) is 3. The van der Waals surface area contributed by atoms with E-state index in [1.54, 1.807) is 18.5 Å². The van der Waals surface area contributed by atoms with Gasteiger partial charge in [0.25, 0.3) is 0 Å². The van der Waals surface area contributed by atoms with Gasteiger partial charge in [0, 0.05) is 24.0 Å². The van der Waals surface area contributed by atoms with Crippen molar-refractivity contribution in [2.24, 2.45) is 0 Å². The third-order valence-corrected chi connectivity index (χ3v) is 4.49. The van der Waals surface area contributed by atoms with E-state index in [1.165, 1.54) is 0 Å². The van der Waals surface area contributed by atoms with E-state index in [2.05, 4.69) is 19.9 Å². The molecule has 2 aromatic heterocycles. The van der Waals surface area contributed by atoms with E-state index in [1.807, 2.05) is 13.0 Å². The molecule has 3 heterocycles. The summed E-state index contributed by atoms with van der Waals surface area (Å²) in [5.74, 6) is 1.09. The minimum Gasteiger partial charge on any atom is -0.508 e. The molecule has 1 saturated heterocycles. The largest absolute Gasteiger partial charge is 0.508 e. The lowest BCUT2D eigenvalue weighted by atomic mass is 9.94. The molecular formula is C16H18N4O2. The number of piperidine rings is 1. The van der Waals surface area contributed by atoms with E-state index in [4.69, 9.17) is 0 Å². The van der Waals surface area contributed by atoms with Gasteiger partial charge in [0.15, 0.2) is 0 Å². The van der Waals surface area contributed by atoms with E-state index >= 15 is 0 Å². The molecule has 0 radical (unpaired) electrons. The summed E-state index contributed by atoms with van der Waals surface area (Å²) in [7, 11) is 0. The molecule has 3 aromatic rings. The number of aromatic hydroxyl groups is 1. The molecule has 0 aliphatic carbocycles. The number of aromatic amines is 1. The second kappa shape index (κ2) is 4.58. The normalized spacial score (nSPS) is 18.2. The molecule has 1 aliphatic rings. The number of H-pyrrole nitrogens is 1. The fraction of sp³-hybridized carbons (Fsp3) is 0.375. The maximum Gasteiger partial charge on any atom is 0.143 e. The zero-order chi connectivity index (χ0) is 15.3. The molecule has 1 aromatic carbocycles. The van der Waals surface area contributed by atoms with Crippen molar-refractivity contribution in [1.29, 1.82) is 0 Å². The molecule has 6 nitrogen and oxygen atoms in total. The van der Waals surface area contributed by atoms with Gasteiger partial charge in [-0.15, -0.1) is 0 Å². The third-order valence-electron chi connectivity index (χ3n) is 4.49. The molecule has 0 amide bonds. The zero-order valence-electron chi connectivity index (χ0n) is 12.4. The second-order valence-electron chi connectivity index (χ2n) is 6.26. The number of benzene rings is 1. The predicted octanol–water partition coefficient (Wildman–Crippen LogP) is 2.17. The van der Waals surface area contributed by atoms with Gasteiger partial charge in [-0.1, -0.05) is 0 Å². The van der Waals surface area contributed by atoms with Crippen LogP contribution in [-0.4, -0.2) is 43.9 Å². The number of aliphatic hydroxyl groups is 1. The minimum absolute atomic E-state index is 0.227. The van der Waals surface area contributed by atoms with E-state index in [0.717, 1.165) is 40.8 Å². The number of phenols is 1. The van der Waals surface area contributed by atoms with Crippen molar-refractivity contribution in [2.45, 2.75) is 25.4 Å². The van der Waals surface area contributed by atoms with E-state index in [0.29, 0.717) is 12.8 Å². The summed E-state index contributed by atoms with van der Waals surface area (Å²) in [4.78, 5) is 14.2. The molecule has 1 aliphatic heterocycles. The van der Waals surface area contributed by atoms with Crippen molar-refractivity contribution < 1.29 is 10.2 Å². The smallest absolute Gasteiger partial charge is 0.143 e. The van der Waals surface area contributed by atoms with Crippen molar-refractivity contribution in [3.05, 3.63) is 24.5 Å². The Morgan fingerprint density at radius 2 is 2.00 bits per heavy atom. The molecule has 1 fully saturated rings. The maximum atomic E-state index is 10.1. The molecule has 22 heavy (non-hydrogen) atoms. The van der Waals surface area contributed by atoms with Crippen LogP contribution in [0.4, 0.5) is 5.82 Å². The van der Waals surface area contributed by atoms with Crippen LogP contribution in [0.15, 0.2) is 24.5 Å². The topological polar surface area (TPSA) is 85.3 Å². The average Bonchev–Trinajstić information content (AvgIpc) is 2.85. The monoisotopic (exact) mass is 298 g/mol. The van der Waals surface area contributed by atoms with E-state index in [-0.39, 0.29) is 5.75 Å². The quantitative estimate of drug-likeness (QED) is 0.641. The second-order valence-corrected chi connectivity index (χ2v) is 6.26.